The third-order valence-electron chi connectivity index (χ3n) is 4.03. The molecule has 0 saturated carbocycles. The Hall–Kier alpha value is -2.52. The van der Waals surface area contributed by atoms with Crippen molar-refractivity contribution in [2.24, 2.45) is 0 Å². The van der Waals surface area contributed by atoms with Gasteiger partial charge in [-0.3, -0.25) is 0 Å². The quantitative estimate of drug-likeness (QED) is 0.605. The number of aromatic nitrogens is 4. The van der Waals surface area contributed by atoms with Crippen molar-refractivity contribution in [3.8, 4) is 11.3 Å². The first-order valence-electron chi connectivity index (χ1n) is 8.44. The number of benzene rings is 1. The molecular weight excluding hydrogens is 352 g/mol. The minimum Gasteiger partial charge on any atom is -0.370 e. The second kappa shape index (κ2) is 7.79. The van der Waals surface area contributed by atoms with Gasteiger partial charge in [-0.2, -0.15) is 14.6 Å². The zero-order valence-electron chi connectivity index (χ0n) is 14.8. The van der Waals surface area contributed by atoms with Crippen LogP contribution in [0, 0.1) is 0 Å². The minimum absolute atomic E-state index is 0.472. The summed E-state index contributed by atoms with van der Waals surface area (Å²) in [6.07, 6.45) is 3.38. The van der Waals surface area contributed by atoms with Gasteiger partial charge in [0, 0.05) is 31.3 Å². The fourth-order valence-electron chi connectivity index (χ4n) is 2.73. The van der Waals surface area contributed by atoms with Crippen LogP contribution in [0.3, 0.4) is 0 Å². The summed E-state index contributed by atoms with van der Waals surface area (Å²) in [6, 6.07) is 11.8. The van der Waals surface area contributed by atoms with Crippen molar-refractivity contribution in [2.45, 2.75) is 13.3 Å². The number of sulfonamides is 1. The Morgan fingerprint density at radius 2 is 2.00 bits per heavy atom. The smallest absolute Gasteiger partial charge is 0.254 e. The molecule has 0 aliphatic rings. The van der Waals surface area contributed by atoms with E-state index in [1.807, 2.05) is 43.3 Å². The molecule has 0 spiro atoms. The van der Waals surface area contributed by atoms with Crippen molar-refractivity contribution in [2.75, 3.05) is 31.2 Å². The highest BCUT2D eigenvalue weighted by Crippen LogP contribution is 2.21. The zero-order valence-corrected chi connectivity index (χ0v) is 15.6. The van der Waals surface area contributed by atoms with Crippen molar-refractivity contribution in [1.29, 1.82) is 0 Å². The second-order valence-electron chi connectivity index (χ2n) is 5.90. The topological polar surface area (TPSA) is 92.5 Å². The number of nitrogens with zero attached hydrogens (tertiary/aromatic N) is 5. The lowest BCUT2D eigenvalue weighted by Gasteiger charge is -2.18. The van der Waals surface area contributed by atoms with E-state index in [1.165, 1.54) is 16.9 Å². The van der Waals surface area contributed by atoms with Crippen LogP contribution in [-0.2, 0) is 10.0 Å². The van der Waals surface area contributed by atoms with Gasteiger partial charge in [0.05, 0.1) is 11.9 Å². The van der Waals surface area contributed by atoms with Crippen LogP contribution in [0.25, 0.3) is 17.0 Å². The number of hydrogen-bond acceptors (Lipinski definition) is 6. The molecule has 26 heavy (non-hydrogen) atoms. The maximum absolute atomic E-state index is 11.6. The van der Waals surface area contributed by atoms with Crippen molar-refractivity contribution < 1.29 is 8.42 Å². The van der Waals surface area contributed by atoms with Crippen LogP contribution in [0.5, 0.6) is 0 Å². The molecule has 0 atom stereocenters. The van der Waals surface area contributed by atoms with Gasteiger partial charge >= 0.3 is 0 Å². The third-order valence-corrected chi connectivity index (χ3v) is 5.41. The standard InChI is InChI=1S/C17H22N6O2S/c1-3-22(26(2,24)25)11-7-10-18-16-12-15(14-8-5-4-6-9-14)21-17-19-13-20-23(16)17/h4-6,8-9,12-13,18H,3,7,10-11H2,1-2H3. The van der Waals surface area contributed by atoms with E-state index < -0.39 is 10.0 Å². The number of fused-ring (bicyclic) bond motifs is 1. The molecular formula is C17H22N6O2S. The second-order valence-corrected chi connectivity index (χ2v) is 7.88. The lowest BCUT2D eigenvalue weighted by Crippen LogP contribution is -2.31. The van der Waals surface area contributed by atoms with Crippen LogP contribution in [0.4, 0.5) is 5.82 Å². The van der Waals surface area contributed by atoms with Crippen LogP contribution >= 0.6 is 0 Å². The van der Waals surface area contributed by atoms with E-state index in [9.17, 15) is 8.42 Å². The van der Waals surface area contributed by atoms with Crippen LogP contribution in [0.1, 0.15) is 13.3 Å². The molecule has 3 aromatic rings. The predicted molar refractivity (Wildman–Crippen MR) is 101 cm³/mol. The Kier molecular flexibility index (Phi) is 5.48. The summed E-state index contributed by atoms with van der Waals surface area (Å²) in [5.41, 5.74) is 1.80. The molecule has 0 aliphatic carbocycles. The Morgan fingerprint density at radius 1 is 1.23 bits per heavy atom. The molecule has 0 bridgehead atoms. The Morgan fingerprint density at radius 3 is 2.69 bits per heavy atom. The van der Waals surface area contributed by atoms with Crippen LogP contribution in [0.2, 0.25) is 0 Å². The average Bonchev–Trinajstić information content (AvgIpc) is 3.10. The van der Waals surface area contributed by atoms with Gasteiger partial charge in [0.15, 0.2) is 0 Å². The Bertz CT molecular complexity index is 971. The van der Waals surface area contributed by atoms with Gasteiger partial charge in [0.25, 0.3) is 5.78 Å². The number of nitrogens with one attached hydrogen (secondary N) is 1. The van der Waals surface area contributed by atoms with E-state index in [0.717, 1.165) is 17.1 Å². The monoisotopic (exact) mass is 374 g/mol. The van der Waals surface area contributed by atoms with E-state index in [4.69, 9.17) is 0 Å². The maximum atomic E-state index is 11.6. The van der Waals surface area contributed by atoms with Gasteiger partial charge in [0.1, 0.15) is 12.1 Å². The highest BCUT2D eigenvalue weighted by molar-refractivity contribution is 7.88. The molecule has 9 heteroatoms. The first-order chi connectivity index (χ1) is 12.5. The summed E-state index contributed by atoms with van der Waals surface area (Å²) in [5.74, 6) is 1.29. The summed E-state index contributed by atoms with van der Waals surface area (Å²) in [5, 5.41) is 7.51. The summed E-state index contributed by atoms with van der Waals surface area (Å²) in [7, 11) is -3.16. The molecule has 0 fully saturated rings. The first kappa shape index (κ1) is 18.3. The molecule has 2 heterocycles. The highest BCUT2D eigenvalue weighted by atomic mass is 32.2. The van der Waals surface area contributed by atoms with Crippen molar-refractivity contribution in [3.05, 3.63) is 42.7 Å². The van der Waals surface area contributed by atoms with Gasteiger partial charge in [-0.15, -0.1) is 0 Å². The molecule has 3 rings (SSSR count). The van der Waals surface area contributed by atoms with E-state index in [1.54, 1.807) is 4.52 Å². The van der Waals surface area contributed by atoms with Gasteiger partial charge in [-0.1, -0.05) is 37.3 Å². The fourth-order valence-corrected chi connectivity index (χ4v) is 3.66. The molecule has 1 aromatic carbocycles. The van der Waals surface area contributed by atoms with E-state index in [2.05, 4.69) is 20.4 Å². The average molecular weight is 374 g/mol. The first-order valence-corrected chi connectivity index (χ1v) is 10.3. The highest BCUT2D eigenvalue weighted by Gasteiger charge is 2.14. The molecule has 0 unspecified atom stereocenters. The van der Waals surface area contributed by atoms with E-state index in [0.29, 0.717) is 31.8 Å². The molecule has 2 aromatic heterocycles. The molecule has 0 radical (unpaired) electrons. The summed E-state index contributed by atoms with van der Waals surface area (Å²) in [6.45, 7) is 3.39. The molecule has 0 saturated heterocycles. The Labute approximate surface area is 152 Å². The molecule has 1 N–H and O–H groups in total. The summed E-state index contributed by atoms with van der Waals surface area (Å²) < 4.78 is 26.4. The Balaban J connectivity index is 1.74. The normalized spacial score (nSPS) is 12.0. The molecule has 0 aliphatic heterocycles. The molecule has 0 amide bonds. The van der Waals surface area contributed by atoms with Crippen LogP contribution in [-0.4, -0.2) is 58.2 Å². The molecule has 138 valence electrons. The lowest BCUT2D eigenvalue weighted by atomic mass is 10.1. The van der Waals surface area contributed by atoms with Crippen molar-refractivity contribution in [1.82, 2.24) is 23.9 Å². The minimum atomic E-state index is -3.16. The van der Waals surface area contributed by atoms with E-state index >= 15 is 0 Å². The fraction of sp³-hybridized carbons (Fsp3) is 0.353. The number of hydrogen-bond donors (Lipinski definition) is 1. The number of anilines is 1. The van der Waals surface area contributed by atoms with Crippen LogP contribution in [0.15, 0.2) is 42.7 Å². The largest absolute Gasteiger partial charge is 0.370 e. The van der Waals surface area contributed by atoms with Crippen molar-refractivity contribution in [3.63, 3.8) is 0 Å². The van der Waals surface area contributed by atoms with Gasteiger partial charge < -0.3 is 5.32 Å². The zero-order chi connectivity index (χ0) is 18.6. The van der Waals surface area contributed by atoms with Crippen molar-refractivity contribution >= 4 is 21.6 Å². The maximum Gasteiger partial charge on any atom is 0.254 e. The summed E-state index contributed by atoms with van der Waals surface area (Å²) >= 11 is 0. The lowest BCUT2D eigenvalue weighted by molar-refractivity contribution is 0.428. The van der Waals surface area contributed by atoms with Gasteiger partial charge in [-0.05, 0) is 6.42 Å². The number of rotatable bonds is 8. The SMILES string of the molecule is CCN(CCCNc1cc(-c2ccccc2)nc2ncnn12)S(C)(=O)=O. The molecule has 8 nitrogen and oxygen atoms in total. The third kappa shape index (κ3) is 4.17. The van der Waals surface area contributed by atoms with Gasteiger partial charge in [-0.25, -0.2) is 17.7 Å². The van der Waals surface area contributed by atoms with E-state index in [-0.39, 0.29) is 0 Å². The predicted octanol–water partition coefficient (Wildman–Crippen LogP) is 1.87. The van der Waals surface area contributed by atoms with Gasteiger partial charge in [0.2, 0.25) is 10.0 Å². The van der Waals surface area contributed by atoms with Crippen LogP contribution < -0.4 is 5.32 Å². The summed E-state index contributed by atoms with van der Waals surface area (Å²) in [4.78, 5) is 8.71.